The van der Waals surface area contributed by atoms with Gasteiger partial charge in [-0.2, -0.15) is 0 Å². The van der Waals surface area contributed by atoms with E-state index >= 15 is 0 Å². The molecule has 14 rings (SSSR count). The van der Waals surface area contributed by atoms with E-state index in [1.54, 1.807) is 22.3 Å². The molecular weight excluding hydrogens is 1220 g/mol. The van der Waals surface area contributed by atoms with Crippen molar-refractivity contribution in [1.29, 1.82) is 0 Å². The van der Waals surface area contributed by atoms with Crippen molar-refractivity contribution in [3.05, 3.63) is 203 Å². The van der Waals surface area contributed by atoms with Crippen molar-refractivity contribution >= 4 is 76.1 Å². The molecule has 0 radical (unpaired) electrons. The molecule has 2 aliphatic rings. The van der Waals surface area contributed by atoms with Crippen LogP contribution < -0.4 is 0 Å². The second kappa shape index (κ2) is 30.1. The van der Waals surface area contributed by atoms with Crippen molar-refractivity contribution in [2.24, 2.45) is 0 Å². The van der Waals surface area contributed by atoms with Gasteiger partial charge in [0.1, 0.15) is 11.2 Å². The third-order valence-corrected chi connectivity index (χ3v) is 25.9. The van der Waals surface area contributed by atoms with Crippen LogP contribution >= 0.6 is 34.0 Å². The Bertz CT molecular complexity index is 4630. The van der Waals surface area contributed by atoms with Gasteiger partial charge in [-0.15, -0.1) is 34.0 Å². The van der Waals surface area contributed by atoms with Gasteiger partial charge in [0.15, 0.2) is 0 Å². The van der Waals surface area contributed by atoms with Gasteiger partial charge in [0.25, 0.3) is 0 Å². The summed E-state index contributed by atoms with van der Waals surface area (Å²) in [4.78, 5) is 5.49. The molecule has 0 fully saturated rings. The molecule has 4 heteroatoms. The second-order valence-corrected chi connectivity index (χ2v) is 32.6. The first-order chi connectivity index (χ1) is 47.2. The van der Waals surface area contributed by atoms with E-state index in [0.29, 0.717) is 0 Å². The van der Waals surface area contributed by atoms with Crippen LogP contribution in [0.5, 0.6) is 0 Å². The highest BCUT2D eigenvalue weighted by atomic mass is 32.1. The largest absolute Gasteiger partial charge is 0.456 e. The van der Waals surface area contributed by atoms with Crippen LogP contribution in [-0.2, 0) is 10.8 Å². The standard InChI is InChI=1S/C92H102OS3/c1-7-11-15-19-23-29-49-91(50-30-24-20-16-12-8-2)80-53-63(5)35-41-72(80)73-42-37-66(58-81(73)91)70-54-69(65-40-46-87-78(57-65)79-61-77-76-33-27-28-34-84(76)93-85(77)62-90(79)96-87)55-71(56-70)67-38-43-74-75-44-39-68(86-47-48-89(95-86)88-45-36-64(6)94-88)60-83(75)92(82(74)59-67,51-31-25-21-17-13-9-3)52-32-26-22-18-14-10-4/h27-28,33-48,53-62H,7-26,29-32,49-52H2,1-6H3. The summed E-state index contributed by atoms with van der Waals surface area (Å²) >= 11 is 5.76. The van der Waals surface area contributed by atoms with Crippen LogP contribution in [0, 0.1) is 13.8 Å². The maximum absolute atomic E-state index is 6.48. The van der Waals surface area contributed by atoms with E-state index in [1.807, 2.05) is 34.0 Å². The van der Waals surface area contributed by atoms with Crippen molar-refractivity contribution < 1.29 is 4.42 Å². The lowest BCUT2D eigenvalue weighted by Gasteiger charge is -2.33. The first kappa shape index (κ1) is 66.4. The van der Waals surface area contributed by atoms with Gasteiger partial charge in [0.2, 0.25) is 0 Å². The van der Waals surface area contributed by atoms with E-state index in [1.165, 1.54) is 297 Å². The number of rotatable bonds is 33. The molecule has 4 heterocycles. The lowest BCUT2D eigenvalue weighted by Crippen LogP contribution is -2.25. The topological polar surface area (TPSA) is 13.1 Å². The van der Waals surface area contributed by atoms with E-state index in [2.05, 4.69) is 211 Å². The van der Waals surface area contributed by atoms with E-state index in [9.17, 15) is 0 Å². The van der Waals surface area contributed by atoms with Crippen LogP contribution in [0.15, 0.2) is 174 Å². The van der Waals surface area contributed by atoms with Gasteiger partial charge in [0.05, 0.1) is 0 Å². The minimum atomic E-state index is -0.0863. The number of fused-ring (bicyclic) bond motifs is 12. The van der Waals surface area contributed by atoms with Crippen LogP contribution in [0.1, 0.15) is 240 Å². The van der Waals surface area contributed by atoms with Gasteiger partial charge in [-0.1, -0.05) is 266 Å². The minimum Gasteiger partial charge on any atom is -0.456 e. The lowest BCUT2D eigenvalue weighted by molar-refractivity contribution is 0.398. The predicted octanol–water partition coefficient (Wildman–Crippen LogP) is 30.6. The van der Waals surface area contributed by atoms with Gasteiger partial charge in [-0.25, -0.2) is 0 Å². The van der Waals surface area contributed by atoms with E-state index < -0.39 is 0 Å². The van der Waals surface area contributed by atoms with E-state index in [-0.39, 0.29) is 10.8 Å². The Labute approximate surface area is 586 Å². The molecule has 12 aromatic rings. The molecule has 0 saturated carbocycles. The number of furan rings is 1. The monoisotopic (exact) mass is 1320 g/mol. The average Bonchev–Trinajstić information content (AvgIpc) is 1.57. The van der Waals surface area contributed by atoms with Gasteiger partial charge < -0.3 is 4.42 Å². The van der Waals surface area contributed by atoms with Crippen molar-refractivity contribution in [3.63, 3.8) is 0 Å². The summed E-state index contributed by atoms with van der Waals surface area (Å²) in [7, 11) is 0. The SMILES string of the molecule is CCCCCCCCC1(CCCCCCCC)c2cc(C)ccc2-c2ccc(-c3cc(-c4ccc5c(c4)C(CCCCCCCC)(CCCCCCCC)c4cc(-c6ccc(-c7ccc(C)s7)s6)ccc4-5)cc(-c4ccc5sc6cc7oc8ccccc8c7cc6c5c4)c3)cc21. The Morgan fingerprint density at radius 1 is 0.281 bits per heavy atom. The minimum absolute atomic E-state index is 0.0153. The molecule has 0 atom stereocenters. The van der Waals surface area contributed by atoms with E-state index in [4.69, 9.17) is 4.42 Å². The van der Waals surface area contributed by atoms with Crippen molar-refractivity contribution in [2.45, 2.75) is 232 Å². The molecule has 0 saturated heterocycles. The molecule has 0 N–H and O–H groups in total. The fourth-order valence-corrected chi connectivity index (χ4v) is 20.3. The second-order valence-electron chi connectivity index (χ2n) is 29.2. The highest BCUT2D eigenvalue weighted by Gasteiger charge is 2.44. The number of hydrogen-bond acceptors (Lipinski definition) is 4. The smallest absolute Gasteiger partial charge is 0.136 e. The highest BCUT2D eigenvalue weighted by molar-refractivity contribution is 7.26. The zero-order valence-electron chi connectivity index (χ0n) is 58.6. The van der Waals surface area contributed by atoms with Crippen molar-refractivity contribution in [3.8, 4) is 75.8 Å². The average molecular weight is 1320 g/mol. The Morgan fingerprint density at radius 2 is 0.708 bits per heavy atom. The van der Waals surface area contributed by atoms with Crippen molar-refractivity contribution in [2.75, 3.05) is 0 Å². The molecule has 494 valence electrons. The van der Waals surface area contributed by atoms with Crippen LogP contribution in [0.4, 0.5) is 0 Å². The molecule has 0 aliphatic heterocycles. The number of hydrogen-bond donors (Lipinski definition) is 0. The number of thiophene rings is 3. The molecule has 4 aromatic heterocycles. The van der Waals surface area contributed by atoms with Gasteiger partial charge in [0, 0.05) is 61.3 Å². The predicted molar refractivity (Wildman–Crippen MR) is 423 cm³/mol. The summed E-state index contributed by atoms with van der Waals surface area (Å²) in [6.07, 6.45) is 36.2. The van der Waals surface area contributed by atoms with Crippen LogP contribution in [0.2, 0.25) is 0 Å². The molecule has 1 nitrogen and oxygen atoms in total. The Kier molecular flexibility index (Phi) is 20.8. The molecule has 2 aliphatic carbocycles. The van der Waals surface area contributed by atoms with Crippen molar-refractivity contribution in [1.82, 2.24) is 0 Å². The number of benzene rings is 8. The first-order valence-corrected chi connectivity index (χ1v) is 40.3. The zero-order valence-corrected chi connectivity index (χ0v) is 61.0. The quantitative estimate of drug-likeness (QED) is 0.0374. The summed E-state index contributed by atoms with van der Waals surface area (Å²) in [5, 5.41) is 4.99. The normalized spacial score (nSPS) is 13.6. The molecule has 0 spiro atoms. The van der Waals surface area contributed by atoms with Crippen LogP contribution in [0.25, 0.3) is 118 Å². The van der Waals surface area contributed by atoms with Crippen LogP contribution in [0.3, 0.4) is 0 Å². The lowest BCUT2D eigenvalue weighted by atomic mass is 9.70. The molecule has 8 aromatic carbocycles. The summed E-state index contributed by atoms with van der Waals surface area (Å²) in [6, 6.07) is 68.2. The number of aryl methyl sites for hydroxylation is 2. The summed E-state index contributed by atoms with van der Waals surface area (Å²) in [5.74, 6) is 0. The Balaban J connectivity index is 0.926. The third kappa shape index (κ3) is 13.5. The molecule has 0 amide bonds. The molecular formula is C92H102OS3. The van der Waals surface area contributed by atoms with Crippen LogP contribution in [-0.4, -0.2) is 0 Å². The first-order valence-electron chi connectivity index (χ1n) is 37.9. The number of unbranched alkanes of at least 4 members (excludes halogenated alkanes) is 20. The Morgan fingerprint density at radius 3 is 1.24 bits per heavy atom. The Hall–Kier alpha value is -6.82. The molecule has 96 heavy (non-hydrogen) atoms. The molecule has 0 unspecified atom stereocenters. The molecule has 0 bridgehead atoms. The highest BCUT2D eigenvalue weighted by Crippen LogP contribution is 2.58. The maximum atomic E-state index is 6.48. The zero-order chi connectivity index (χ0) is 65.6. The third-order valence-electron chi connectivity index (χ3n) is 22.5. The maximum Gasteiger partial charge on any atom is 0.136 e. The van der Waals surface area contributed by atoms with E-state index in [0.717, 1.165) is 11.2 Å². The summed E-state index contributed by atoms with van der Waals surface area (Å²) in [5.41, 5.74) is 24.5. The number of para-hydroxylation sites is 1. The summed E-state index contributed by atoms with van der Waals surface area (Å²) in [6.45, 7) is 14.0. The van der Waals surface area contributed by atoms with Gasteiger partial charge >= 0.3 is 0 Å². The van der Waals surface area contributed by atoms with Gasteiger partial charge in [-0.3, -0.25) is 0 Å². The fourth-order valence-electron chi connectivity index (χ4n) is 17.3. The van der Waals surface area contributed by atoms with Gasteiger partial charge in [-0.05, 0) is 214 Å². The summed E-state index contributed by atoms with van der Waals surface area (Å²) < 4.78 is 9.06. The fraction of sp³-hybridized carbons (Fsp3) is 0.391.